The lowest BCUT2D eigenvalue weighted by atomic mass is 10.5. The minimum absolute atomic E-state index is 0.0432. The minimum Gasteiger partial charge on any atom is -0.312 e. The summed E-state index contributed by atoms with van der Waals surface area (Å²) in [7, 11) is -0.747. The molecule has 0 aliphatic heterocycles. The Morgan fingerprint density at radius 2 is 1.76 bits per heavy atom. The lowest BCUT2D eigenvalue weighted by Crippen LogP contribution is -2.29. The van der Waals surface area contributed by atoms with Gasteiger partial charge in [0.1, 0.15) is 0 Å². The zero-order valence-electron chi connectivity index (χ0n) is 9.38. The van der Waals surface area contributed by atoms with E-state index in [-0.39, 0.29) is 16.3 Å². The Labute approximate surface area is 95.4 Å². The molecule has 0 unspecified atom stereocenters. The number of nitrogens with zero attached hydrogens (tertiary/aromatic N) is 3. The topological polar surface area (TPSA) is 107 Å². The van der Waals surface area contributed by atoms with Gasteiger partial charge >= 0.3 is 5.69 Å². The van der Waals surface area contributed by atoms with Crippen molar-refractivity contribution in [3.63, 3.8) is 0 Å². The van der Waals surface area contributed by atoms with Crippen LogP contribution < -0.4 is 11.2 Å². The van der Waals surface area contributed by atoms with Crippen LogP contribution >= 0.6 is 0 Å². The molecule has 0 spiro atoms. The fourth-order valence-corrected chi connectivity index (χ4v) is 2.46. The van der Waals surface area contributed by atoms with E-state index in [1.807, 2.05) is 0 Å². The smallest absolute Gasteiger partial charge is 0.312 e. The Balaban J connectivity index is 3.14. The first-order valence-electron chi connectivity index (χ1n) is 4.59. The highest BCUT2D eigenvalue weighted by Gasteiger charge is 2.20. The molecule has 92 valence electrons. The van der Waals surface area contributed by atoms with Crippen LogP contribution in [0.15, 0.2) is 14.7 Å². The molecule has 17 heavy (non-hydrogen) atoms. The highest BCUT2D eigenvalue weighted by atomic mass is 32.2. The standard InChI is InChI=1S/C8H10N4O4S/c1-11-4-5(9-8(11)17(3,15)16)12(2)7(14)10-6(4)13/h1-3H3,(H,10,13,14). The van der Waals surface area contributed by atoms with Gasteiger partial charge in [-0.25, -0.2) is 13.2 Å². The summed E-state index contributed by atoms with van der Waals surface area (Å²) in [4.78, 5) is 28.8. The van der Waals surface area contributed by atoms with E-state index in [9.17, 15) is 18.0 Å². The van der Waals surface area contributed by atoms with E-state index < -0.39 is 21.1 Å². The van der Waals surface area contributed by atoms with Crippen molar-refractivity contribution in [2.45, 2.75) is 5.16 Å². The van der Waals surface area contributed by atoms with Gasteiger partial charge in [-0.15, -0.1) is 0 Å². The van der Waals surface area contributed by atoms with Crippen molar-refractivity contribution in [1.82, 2.24) is 19.1 Å². The van der Waals surface area contributed by atoms with Gasteiger partial charge in [-0.1, -0.05) is 0 Å². The van der Waals surface area contributed by atoms with Gasteiger partial charge in [0.15, 0.2) is 11.2 Å². The zero-order valence-corrected chi connectivity index (χ0v) is 10.2. The van der Waals surface area contributed by atoms with Crippen LogP contribution in [-0.2, 0) is 23.9 Å². The molecule has 0 aliphatic carbocycles. The first-order valence-corrected chi connectivity index (χ1v) is 6.48. The van der Waals surface area contributed by atoms with E-state index in [0.717, 1.165) is 15.4 Å². The molecule has 0 aliphatic rings. The van der Waals surface area contributed by atoms with Crippen molar-refractivity contribution in [3.8, 4) is 0 Å². The monoisotopic (exact) mass is 258 g/mol. The SMILES string of the molecule is Cn1c(S(C)(=O)=O)nc2c1c(=O)[nH]c(=O)n2C. The molecule has 0 saturated carbocycles. The molecular formula is C8H10N4O4S. The van der Waals surface area contributed by atoms with Crippen LogP contribution in [0, 0.1) is 0 Å². The van der Waals surface area contributed by atoms with E-state index in [0.29, 0.717) is 0 Å². The fourth-order valence-electron chi connectivity index (χ4n) is 1.62. The summed E-state index contributed by atoms with van der Waals surface area (Å²) in [6, 6.07) is 0. The van der Waals surface area contributed by atoms with Gasteiger partial charge in [0, 0.05) is 20.4 Å². The maximum atomic E-state index is 11.6. The first kappa shape index (κ1) is 11.6. The maximum absolute atomic E-state index is 11.6. The van der Waals surface area contributed by atoms with Gasteiger partial charge in [0.2, 0.25) is 15.0 Å². The largest absolute Gasteiger partial charge is 0.329 e. The van der Waals surface area contributed by atoms with E-state index in [1.165, 1.54) is 14.1 Å². The second kappa shape index (κ2) is 3.29. The third-order valence-corrected chi connectivity index (χ3v) is 3.45. The summed E-state index contributed by atoms with van der Waals surface area (Å²) in [5, 5.41) is -0.251. The highest BCUT2D eigenvalue weighted by molar-refractivity contribution is 7.90. The predicted octanol–water partition coefficient (Wildman–Crippen LogP) is -1.64. The number of hydrogen-bond acceptors (Lipinski definition) is 5. The second-order valence-electron chi connectivity index (χ2n) is 3.72. The number of sulfone groups is 1. The van der Waals surface area contributed by atoms with Crippen LogP contribution in [0.3, 0.4) is 0 Å². The molecule has 0 amide bonds. The number of aromatic nitrogens is 4. The molecule has 9 heteroatoms. The van der Waals surface area contributed by atoms with Gasteiger partial charge in [0.25, 0.3) is 5.56 Å². The van der Waals surface area contributed by atoms with E-state index in [2.05, 4.69) is 9.97 Å². The summed E-state index contributed by atoms with van der Waals surface area (Å²) < 4.78 is 25.1. The number of aryl methyl sites for hydroxylation is 2. The van der Waals surface area contributed by atoms with E-state index in [4.69, 9.17) is 0 Å². The average molecular weight is 258 g/mol. The molecule has 0 radical (unpaired) electrons. The summed E-state index contributed by atoms with van der Waals surface area (Å²) in [5.41, 5.74) is -1.21. The molecule has 2 rings (SSSR count). The van der Waals surface area contributed by atoms with Crippen molar-refractivity contribution in [1.29, 1.82) is 0 Å². The third kappa shape index (κ3) is 1.58. The van der Waals surface area contributed by atoms with E-state index >= 15 is 0 Å². The van der Waals surface area contributed by atoms with Gasteiger partial charge < -0.3 is 4.57 Å². The second-order valence-corrected chi connectivity index (χ2v) is 5.63. The molecule has 0 fully saturated rings. The Morgan fingerprint density at radius 1 is 1.18 bits per heavy atom. The van der Waals surface area contributed by atoms with Crippen molar-refractivity contribution in [2.24, 2.45) is 14.1 Å². The van der Waals surface area contributed by atoms with Gasteiger partial charge in [0.05, 0.1) is 0 Å². The lowest BCUT2D eigenvalue weighted by molar-refractivity contribution is 0.586. The summed E-state index contributed by atoms with van der Waals surface area (Å²) in [6.45, 7) is 0. The van der Waals surface area contributed by atoms with Crippen LogP contribution in [0.4, 0.5) is 0 Å². The number of fused-ring (bicyclic) bond motifs is 1. The predicted molar refractivity (Wildman–Crippen MR) is 59.7 cm³/mol. The normalized spacial score (nSPS) is 12.2. The Hall–Kier alpha value is -1.90. The van der Waals surface area contributed by atoms with Crippen molar-refractivity contribution in [3.05, 3.63) is 20.8 Å². The quantitative estimate of drug-likeness (QED) is 0.660. The maximum Gasteiger partial charge on any atom is 0.329 e. The molecule has 0 aromatic carbocycles. The number of aromatic amines is 1. The molecule has 0 saturated heterocycles. The Bertz CT molecular complexity index is 824. The van der Waals surface area contributed by atoms with Gasteiger partial charge in [-0.3, -0.25) is 14.3 Å². The third-order valence-electron chi connectivity index (χ3n) is 2.43. The molecule has 8 nitrogen and oxygen atoms in total. The van der Waals surface area contributed by atoms with Crippen molar-refractivity contribution >= 4 is 21.0 Å². The fraction of sp³-hybridized carbons (Fsp3) is 0.375. The van der Waals surface area contributed by atoms with Crippen LogP contribution in [0.5, 0.6) is 0 Å². The Morgan fingerprint density at radius 3 is 2.29 bits per heavy atom. The number of rotatable bonds is 1. The molecule has 0 bridgehead atoms. The van der Waals surface area contributed by atoms with Gasteiger partial charge in [-0.2, -0.15) is 4.98 Å². The lowest BCUT2D eigenvalue weighted by Gasteiger charge is -1.98. The number of H-pyrrole nitrogens is 1. The minimum atomic E-state index is -3.56. The van der Waals surface area contributed by atoms with E-state index in [1.54, 1.807) is 0 Å². The number of hydrogen-bond donors (Lipinski definition) is 1. The van der Waals surface area contributed by atoms with Crippen molar-refractivity contribution in [2.75, 3.05) is 6.26 Å². The van der Waals surface area contributed by atoms with Crippen LogP contribution in [-0.4, -0.2) is 33.8 Å². The number of nitrogens with one attached hydrogen (secondary N) is 1. The summed E-state index contributed by atoms with van der Waals surface area (Å²) >= 11 is 0. The van der Waals surface area contributed by atoms with Crippen LogP contribution in [0.25, 0.3) is 11.2 Å². The zero-order chi connectivity index (χ0) is 13.0. The van der Waals surface area contributed by atoms with Crippen molar-refractivity contribution < 1.29 is 8.42 Å². The molecule has 2 heterocycles. The molecule has 2 aromatic heterocycles. The molecular weight excluding hydrogens is 248 g/mol. The average Bonchev–Trinajstić information content (AvgIpc) is 2.52. The highest BCUT2D eigenvalue weighted by Crippen LogP contribution is 2.12. The first-order chi connectivity index (χ1) is 7.73. The van der Waals surface area contributed by atoms with Crippen LogP contribution in [0.1, 0.15) is 0 Å². The number of imidazole rings is 1. The van der Waals surface area contributed by atoms with Crippen LogP contribution in [0.2, 0.25) is 0 Å². The Kier molecular flexibility index (Phi) is 2.24. The summed E-state index contributed by atoms with van der Waals surface area (Å²) in [5.74, 6) is 0. The van der Waals surface area contributed by atoms with Gasteiger partial charge in [-0.05, 0) is 0 Å². The molecule has 1 N–H and O–H groups in total. The summed E-state index contributed by atoms with van der Waals surface area (Å²) in [6.07, 6.45) is 0.987. The molecule has 2 aromatic rings. The molecule has 0 atom stereocenters.